The highest BCUT2D eigenvalue weighted by molar-refractivity contribution is 5.93. The maximum Gasteiger partial charge on any atom is 0.323 e. The number of amides is 1. The number of aliphatic carboxylic acids is 1. The molecule has 0 aliphatic heterocycles. The molecule has 5 nitrogen and oxygen atoms in total. The largest absolute Gasteiger partial charge is 0.480 e. The van der Waals surface area contributed by atoms with Crippen LogP contribution in [0.1, 0.15) is 11.1 Å². The number of nitrogens with zero attached hydrogens (tertiary/aromatic N) is 2. The molecular weight excluding hydrogens is 268 g/mol. The molecule has 0 spiro atoms. The fraction of sp³-hybridized carbons (Fsp3) is 0.375. The third-order valence-electron chi connectivity index (χ3n) is 2.92. The van der Waals surface area contributed by atoms with Crippen molar-refractivity contribution in [2.24, 2.45) is 0 Å². The summed E-state index contributed by atoms with van der Waals surface area (Å²) in [6, 6.07) is 7.76. The molecule has 0 saturated carbocycles. The smallest absolute Gasteiger partial charge is 0.323 e. The van der Waals surface area contributed by atoms with E-state index in [1.807, 2.05) is 50.2 Å². The van der Waals surface area contributed by atoms with Gasteiger partial charge in [-0.1, -0.05) is 29.8 Å². The van der Waals surface area contributed by atoms with Gasteiger partial charge in [0.1, 0.15) is 6.54 Å². The first-order chi connectivity index (χ1) is 9.88. The lowest BCUT2D eigenvalue weighted by Crippen LogP contribution is -2.39. The molecule has 1 aromatic carbocycles. The molecule has 1 rings (SSSR count). The number of benzene rings is 1. The van der Waals surface area contributed by atoms with Crippen molar-refractivity contribution in [3.63, 3.8) is 0 Å². The van der Waals surface area contributed by atoms with Crippen LogP contribution in [-0.2, 0) is 9.59 Å². The molecule has 5 heteroatoms. The van der Waals surface area contributed by atoms with Crippen molar-refractivity contribution in [2.45, 2.75) is 6.92 Å². The van der Waals surface area contributed by atoms with Crippen LogP contribution in [0.3, 0.4) is 0 Å². The number of carbonyl (C=O) groups is 2. The molecule has 1 aromatic rings. The van der Waals surface area contributed by atoms with Gasteiger partial charge >= 0.3 is 5.97 Å². The second-order valence-corrected chi connectivity index (χ2v) is 5.20. The molecular formula is C16H22N2O3. The van der Waals surface area contributed by atoms with Crippen LogP contribution >= 0.6 is 0 Å². The van der Waals surface area contributed by atoms with Crippen molar-refractivity contribution in [2.75, 3.05) is 33.7 Å². The van der Waals surface area contributed by atoms with Gasteiger partial charge in [-0.2, -0.15) is 0 Å². The normalized spacial score (nSPS) is 11.0. The van der Waals surface area contributed by atoms with Crippen molar-refractivity contribution in [1.82, 2.24) is 9.80 Å². The van der Waals surface area contributed by atoms with Crippen LogP contribution in [0.4, 0.5) is 0 Å². The highest BCUT2D eigenvalue weighted by Gasteiger charge is 2.14. The van der Waals surface area contributed by atoms with Crippen LogP contribution < -0.4 is 0 Å². The third-order valence-corrected chi connectivity index (χ3v) is 2.92. The van der Waals surface area contributed by atoms with Gasteiger partial charge in [0.25, 0.3) is 0 Å². The lowest BCUT2D eigenvalue weighted by Gasteiger charge is -2.21. The van der Waals surface area contributed by atoms with Gasteiger partial charge in [0.05, 0.1) is 0 Å². The molecule has 0 unspecified atom stereocenters. The summed E-state index contributed by atoms with van der Waals surface area (Å²) < 4.78 is 0. The van der Waals surface area contributed by atoms with Gasteiger partial charge in [-0.3, -0.25) is 9.59 Å². The van der Waals surface area contributed by atoms with Crippen molar-refractivity contribution in [3.8, 4) is 0 Å². The molecule has 0 aliphatic rings. The maximum absolute atomic E-state index is 12.1. The summed E-state index contributed by atoms with van der Waals surface area (Å²) in [4.78, 5) is 26.2. The predicted molar refractivity (Wildman–Crippen MR) is 83.0 cm³/mol. The van der Waals surface area contributed by atoms with Gasteiger partial charge in [0.2, 0.25) is 5.91 Å². The Labute approximate surface area is 125 Å². The van der Waals surface area contributed by atoms with E-state index >= 15 is 0 Å². The van der Waals surface area contributed by atoms with Gasteiger partial charge in [0, 0.05) is 19.2 Å². The Balaban J connectivity index is 2.72. The van der Waals surface area contributed by atoms with Crippen molar-refractivity contribution in [1.29, 1.82) is 0 Å². The molecule has 21 heavy (non-hydrogen) atoms. The summed E-state index contributed by atoms with van der Waals surface area (Å²) in [5.74, 6) is -1.30. The number of hydrogen-bond acceptors (Lipinski definition) is 3. The summed E-state index contributed by atoms with van der Waals surface area (Å²) in [6.07, 6.45) is 3.13. The summed E-state index contributed by atoms with van der Waals surface area (Å²) in [5.41, 5.74) is 2.03. The highest BCUT2D eigenvalue weighted by atomic mass is 16.4. The molecule has 0 aromatic heterocycles. The Kier molecular flexibility index (Phi) is 6.62. The molecule has 0 bridgehead atoms. The fourth-order valence-corrected chi connectivity index (χ4v) is 1.80. The van der Waals surface area contributed by atoms with E-state index in [0.29, 0.717) is 13.1 Å². The van der Waals surface area contributed by atoms with Crippen LogP contribution in [0, 0.1) is 6.92 Å². The molecule has 0 saturated heterocycles. The lowest BCUT2D eigenvalue weighted by molar-refractivity contribution is -0.142. The Morgan fingerprint density at radius 2 is 1.95 bits per heavy atom. The molecule has 1 amide bonds. The first-order valence-corrected chi connectivity index (χ1v) is 6.78. The fourth-order valence-electron chi connectivity index (χ4n) is 1.80. The first kappa shape index (κ1) is 16.9. The predicted octanol–water partition coefficient (Wildman–Crippen LogP) is 1.48. The SMILES string of the molecule is Cc1cccc(/C=C/C(=O)N(CCN(C)C)CC(=O)O)c1. The highest BCUT2D eigenvalue weighted by Crippen LogP contribution is 2.06. The zero-order valence-electron chi connectivity index (χ0n) is 12.7. The number of rotatable bonds is 7. The first-order valence-electron chi connectivity index (χ1n) is 6.78. The van der Waals surface area contributed by atoms with E-state index in [-0.39, 0.29) is 12.5 Å². The van der Waals surface area contributed by atoms with E-state index in [4.69, 9.17) is 5.11 Å². The van der Waals surface area contributed by atoms with Gasteiger partial charge < -0.3 is 14.9 Å². The Morgan fingerprint density at radius 3 is 2.52 bits per heavy atom. The maximum atomic E-state index is 12.1. The van der Waals surface area contributed by atoms with E-state index in [0.717, 1.165) is 11.1 Å². The van der Waals surface area contributed by atoms with Crippen LogP contribution in [0.5, 0.6) is 0 Å². The molecule has 0 atom stereocenters. The standard InChI is InChI=1S/C16H22N2O3/c1-13-5-4-6-14(11-13)7-8-15(19)18(12-16(20)21)10-9-17(2)3/h4-8,11H,9-10,12H2,1-3H3,(H,20,21)/b8-7+. The number of carbonyl (C=O) groups excluding carboxylic acids is 1. The average Bonchev–Trinajstić information content (AvgIpc) is 2.40. The Morgan fingerprint density at radius 1 is 1.24 bits per heavy atom. The van der Waals surface area contributed by atoms with E-state index in [2.05, 4.69) is 0 Å². The van der Waals surface area contributed by atoms with Crippen molar-refractivity contribution < 1.29 is 14.7 Å². The van der Waals surface area contributed by atoms with E-state index in [1.165, 1.54) is 11.0 Å². The van der Waals surface area contributed by atoms with E-state index in [1.54, 1.807) is 6.08 Å². The van der Waals surface area contributed by atoms with Crippen molar-refractivity contribution >= 4 is 18.0 Å². The molecule has 114 valence electrons. The molecule has 0 fully saturated rings. The van der Waals surface area contributed by atoms with E-state index < -0.39 is 5.97 Å². The second-order valence-electron chi connectivity index (χ2n) is 5.20. The molecule has 0 aliphatic carbocycles. The number of likely N-dealkylation sites (N-methyl/N-ethyl adjacent to an activating group) is 1. The third kappa shape index (κ3) is 6.72. The summed E-state index contributed by atoms with van der Waals surface area (Å²) in [6.45, 7) is 2.70. The summed E-state index contributed by atoms with van der Waals surface area (Å²) in [5, 5.41) is 8.89. The van der Waals surface area contributed by atoms with Gasteiger partial charge in [-0.05, 0) is 32.7 Å². The zero-order chi connectivity index (χ0) is 15.8. The minimum Gasteiger partial charge on any atom is -0.480 e. The summed E-state index contributed by atoms with van der Waals surface area (Å²) >= 11 is 0. The quantitative estimate of drug-likeness (QED) is 0.773. The van der Waals surface area contributed by atoms with Gasteiger partial charge in [0.15, 0.2) is 0 Å². The minimum atomic E-state index is -1.01. The number of aryl methyl sites for hydroxylation is 1. The number of hydrogen-bond donors (Lipinski definition) is 1. The van der Waals surface area contributed by atoms with Gasteiger partial charge in [-0.25, -0.2) is 0 Å². The van der Waals surface area contributed by atoms with Crippen molar-refractivity contribution in [3.05, 3.63) is 41.5 Å². The second kappa shape index (κ2) is 8.21. The number of carboxylic acids is 1. The monoisotopic (exact) mass is 290 g/mol. The van der Waals surface area contributed by atoms with Crippen LogP contribution in [0.25, 0.3) is 6.08 Å². The van der Waals surface area contributed by atoms with E-state index in [9.17, 15) is 9.59 Å². The van der Waals surface area contributed by atoms with Crippen LogP contribution in [0.15, 0.2) is 30.3 Å². The van der Waals surface area contributed by atoms with Gasteiger partial charge in [-0.15, -0.1) is 0 Å². The van der Waals surface area contributed by atoms with Crippen LogP contribution in [0.2, 0.25) is 0 Å². The van der Waals surface area contributed by atoms with Crippen LogP contribution in [-0.4, -0.2) is 60.5 Å². The lowest BCUT2D eigenvalue weighted by atomic mass is 10.1. The molecule has 0 radical (unpaired) electrons. The Bertz CT molecular complexity index is 524. The molecule has 1 N–H and O–H groups in total. The average molecular weight is 290 g/mol. The zero-order valence-corrected chi connectivity index (χ0v) is 12.7. The minimum absolute atomic E-state index is 0.287. The molecule has 0 heterocycles. The topological polar surface area (TPSA) is 60.9 Å². The summed E-state index contributed by atoms with van der Waals surface area (Å²) in [7, 11) is 3.76. The number of carboxylic acid groups (broad SMARTS) is 1. The Hall–Kier alpha value is -2.14.